The van der Waals surface area contributed by atoms with Crippen LogP contribution in [0.1, 0.15) is 19.4 Å². The number of carbonyl (C=O) groups excluding carboxylic acids is 1. The van der Waals surface area contributed by atoms with Crippen molar-refractivity contribution in [3.63, 3.8) is 0 Å². The Morgan fingerprint density at radius 3 is 2.89 bits per heavy atom. The number of aromatic nitrogens is 1. The van der Waals surface area contributed by atoms with Gasteiger partial charge in [0.15, 0.2) is 0 Å². The predicted octanol–water partition coefficient (Wildman–Crippen LogP) is 1.78. The SMILES string of the molecule is CC(C)NC(=O)CNCc1c[nH]c2ccccc12. The van der Waals surface area contributed by atoms with Crippen molar-refractivity contribution in [3.8, 4) is 0 Å². The van der Waals surface area contributed by atoms with E-state index in [1.165, 1.54) is 10.9 Å². The largest absolute Gasteiger partial charge is 0.361 e. The Balaban J connectivity index is 1.89. The molecular weight excluding hydrogens is 226 g/mol. The molecule has 0 unspecified atom stereocenters. The maximum atomic E-state index is 11.5. The molecule has 0 aliphatic heterocycles. The highest BCUT2D eigenvalue weighted by molar-refractivity contribution is 5.83. The number of amides is 1. The fourth-order valence-electron chi connectivity index (χ4n) is 1.96. The molecule has 0 bridgehead atoms. The lowest BCUT2D eigenvalue weighted by Crippen LogP contribution is -2.37. The molecule has 1 aromatic heterocycles. The normalized spacial score (nSPS) is 11.1. The first kappa shape index (κ1) is 12.6. The number of hydrogen-bond donors (Lipinski definition) is 3. The van der Waals surface area contributed by atoms with Crippen LogP contribution in [0.15, 0.2) is 30.5 Å². The van der Waals surface area contributed by atoms with Crippen molar-refractivity contribution >= 4 is 16.8 Å². The van der Waals surface area contributed by atoms with Gasteiger partial charge in [0.2, 0.25) is 5.91 Å². The fraction of sp³-hybridized carbons (Fsp3) is 0.357. The van der Waals surface area contributed by atoms with Gasteiger partial charge in [0.05, 0.1) is 6.54 Å². The van der Waals surface area contributed by atoms with E-state index in [2.05, 4.69) is 21.7 Å². The summed E-state index contributed by atoms with van der Waals surface area (Å²) in [4.78, 5) is 14.7. The van der Waals surface area contributed by atoms with Crippen LogP contribution >= 0.6 is 0 Å². The molecular formula is C14H19N3O. The molecule has 0 fully saturated rings. The lowest BCUT2D eigenvalue weighted by Gasteiger charge is -2.08. The lowest BCUT2D eigenvalue weighted by molar-refractivity contribution is -0.120. The van der Waals surface area contributed by atoms with Crippen molar-refractivity contribution in [1.82, 2.24) is 15.6 Å². The minimum absolute atomic E-state index is 0.0323. The van der Waals surface area contributed by atoms with Gasteiger partial charge < -0.3 is 15.6 Å². The molecule has 0 saturated heterocycles. The Labute approximate surface area is 107 Å². The van der Waals surface area contributed by atoms with Gasteiger partial charge in [-0.1, -0.05) is 18.2 Å². The average molecular weight is 245 g/mol. The summed E-state index contributed by atoms with van der Waals surface area (Å²) in [5.74, 6) is 0.0323. The van der Waals surface area contributed by atoms with Crippen LogP contribution in [0.2, 0.25) is 0 Å². The summed E-state index contributed by atoms with van der Waals surface area (Å²) in [5, 5.41) is 7.21. The van der Waals surface area contributed by atoms with Crippen molar-refractivity contribution in [1.29, 1.82) is 0 Å². The number of fused-ring (bicyclic) bond motifs is 1. The molecule has 1 heterocycles. The number of rotatable bonds is 5. The summed E-state index contributed by atoms with van der Waals surface area (Å²) in [5.41, 5.74) is 2.31. The van der Waals surface area contributed by atoms with E-state index in [-0.39, 0.29) is 11.9 Å². The van der Waals surface area contributed by atoms with Crippen molar-refractivity contribution in [2.24, 2.45) is 0 Å². The maximum Gasteiger partial charge on any atom is 0.234 e. The molecule has 4 heteroatoms. The first-order chi connectivity index (χ1) is 8.66. The highest BCUT2D eigenvalue weighted by Crippen LogP contribution is 2.16. The summed E-state index contributed by atoms with van der Waals surface area (Å²) < 4.78 is 0. The Morgan fingerprint density at radius 1 is 1.33 bits per heavy atom. The number of H-pyrrole nitrogens is 1. The smallest absolute Gasteiger partial charge is 0.234 e. The van der Waals surface area contributed by atoms with Gasteiger partial charge in [-0.05, 0) is 25.5 Å². The van der Waals surface area contributed by atoms with Gasteiger partial charge in [-0.3, -0.25) is 4.79 Å². The van der Waals surface area contributed by atoms with Crippen LogP contribution in [0.5, 0.6) is 0 Å². The van der Waals surface area contributed by atoms with Gasteiger partial charge in [-0.2, -0.15) is 0 Å². The number of nitrogens with one attached hydrogen (secondary N) is 3. The Morgan fingerprint density at radius 2 is 2.11 bits per heavy atom. The zero-order valence-electron chi connectivity index (χ0n) is 10.8. The van der Waals surface area contributed by atoms with E-state index in [0.29, 0.717) is 13.1 Å². The zero-order chi connectivity index (χ0) is 13.0. The van der Waals surface area contributed by atoms with Gasteiger partial charge in [0, 0.05) is 29.7 Å². The molecule has 0 saturated carbocycles. The van der Waals surface area contributed by atoms with E-state index >= 15 is 0 Å². The van der Waals surface area contributed by atoms with Crippen LogP contribution in [-0.2, 0) is 11.3 Å². The molecule has 2 aromatic rings. The fourth-order valence-corrected chi connectivity index (χ4v) is 1.96. The van der Waals surface area contributed by atoms with E-state index in [4.69, 9.17) is 0 Å². The van der Waals surface area contributed by atoms with E-state index in [9.17, 15) is 4.79 Å². The van der Waals surface area contributed by atoms with Gasteiger partial charge in [0.1, 0.15) is 0 Å². The number of aromatic amines is 1. The van der Waals surface area contributed by atoms with Crippen LogP contribution < -0.4 is 10.6 Å². The van der Waals surface area contributed by atoms with Crippen molar-refractivity contribution in [2.75, 3.05) is 6.54 Å². The number of para-hydroxylation sites is 1. The van der Waals surface area contributed by atoms with E-state index in [0.717, 1.165) is 5.52 Å². The highest BCUT2D eigenvalue weighted by atomic mass is 16.1. The van der Waals surface area contributed by atoms with Gasteiger partial charge >= 0.3 is 0 Å². The first-order valence-electron chi connectivity index (χ1n) is 6.22. The minimum Gasteiger partial charge on any atom is -0.361 e. The van der Waals surface area contributed by atoms with Crippen molar-refractivity contribution < 1.29 is 4.79 Å². The molecule has 1 amide bonds. The van der Waals surface area contributed by atoms with Crippen LogP contribution in [0.25, 0.3) is 10.9 Å². The van der Waals surface area contributed by atoms with Crippen molar-refractivity contribution in [2.45, 2.75) is 26.4 Å². The van der Waals surface area contributed by atoms with Gasteiger partial charge in [-0.25, -0.2) is 0 Å². The predicted molar refractivity (Wildman–Crippen MR) is 73.3 cm³/mol. The van der Waals surface area contributed by atoms with Crippen LogP contribution in [0, 0.1) is 0 Å². The summed E-state index contributed by atoms with van der Waals surface area (Å²) >= 11 is 0. The summed E-state index contributed by atoms with van der Waals surface area (Å²) in [7, 11) is 0. The molecule has 0 spiro atoms. The number of hydrogen-bond acceptors (Lipinski definition) is 2. The summed E-state index contributed by atoms with van der Waals surface area (Å²) in [6, 6.07) is 8.34. The van der Waals surface area contributed by atoms with E-state index in [1.54, 1.807) is 0 Å². The molecule has 1 aromatic carbocycles. The first-order valence-corrected chi connectivity index (χ1v) is 6.22. The Bertz CT molecular complexity index is 531. The standard InChI is InChI=1S/C14H19N3O/c1-10(2)17-14(18)9-15-7-11-8-16-13-6-4-3-5-12(11)13/h3-6,8,10,15-16H,7,9H2,1-2H3,(H,17,18). The van der Waals surface area contributed by atoms with Crippen LogP contribution in [0.3, 0.4) is 0 Å². The third-order valence-electron chi connectivity index (χ3n) is 2.73. The molecule has 18 heavy (non-hydrogen) atoms. The minimum atomic E-state index is 0.0323. The monoisotopic (exact) mass is 245 g/mol. The Hall–Kier alpha value is -1.81. The molecule has 0 aliphatic rings. The molecule has 96 valence electrons. The van der Waals surface area contributed by atoms with Crippen molar-refractivity contribution in [3.05, 3.63) is 36.0 Å². The number of carbonyl (C=O) groups is 1. The zero-order valence-corrected chi connectivity index (χ0v) is 10.8. The Kier molecular flexibility index (Phi) is 3.99. The average Bonchev–Trinajstić information content (AvgIpc) is 2.72. The second kappa shape index (κ2) is 5.69. The van der Waals surface area contributed by atoms with Crippen LogP contribution in [0.4, 0.5) is 0 Å². The summed E-state index contributed by atoms with van der Waals surface area (Å²) in [6.07, 6.45) is 1.98. The molecule has 0 aliphatic carbocycles. The molecule has 4 nitrogen and oxygen atoms in total. The maximum absolute atomic E-state index is 11.5. The second-order valence-electron chi connectivity index (χ2n) is 4.69. The number of benzene rings is 1. The molecule has 0 atom stereocenters. The molecule has 0 radical (unpaired) electrons. The van der Waals surface area contributed by atoms with Gasteiger partial charge in [0.25, 0.3) is 0 Å². The summed E-state index contributed by atoms with van der Waals surface area (Å²) in [6.45, 7) is 4.95. The van der Waals surface area contributed by atoms with Gasteiger partial charge in [-0.15, -0.1) is 0 Å². The molecule has 2 rings (SSSR count). The lowest BCUT2D eigenvalue weighted by atomic mass is 10.2. The third-order valence-corrected chi connectivity index (χ3v) is 2.73. The third kappa shape index (κ3) is 3.11. The highest BCUT2D eigenvalue weighted by Gasteiger charge is 2.05. The topological polar surface area (TPSA) is 56.9 Å². The quantitative estimate of drug-likeness (QED) is 0.752. The van der Waals surface area contributed by atoms with Crippen LogP contribution in [-0.4, -0.2) is 23.5 Å². The molecule has 3 N–H and O–H groups in total. The van der Waals surface area contributed by atoms with E-state index < -0.39 is 0 Å². The van der Waals surface area contributed by atoms with E-state index in [1.807, 2.05) is 38.2 Å². The second-order valence-corrected chi connectivity index (χ2v) is 4.69.